The molecule has 1 nitrogen and oxygen atoms in total. The highest BCUT2D eigenvalue weighted by Crippen LogP contribution is 2.46. The monoisotopic (exact) mass is 338 g/mol. The van der Waals surface area contributed by atoms with Crippen LogP contribution in [0.25, 0.3) is 0 Å². The van der Waals surface area contributed by atoms with Gasteiger partial charge in [-0.25, -0.2) is 0 Å². The van der Waals surface area contributed by atoms with Crippen molar-refractivity contribution in [3.05, 3.63) is 60.7 Å². The van der Waals surface area contributed by atoms with Crippen LogP contribution in [0.1, 0.15) is 58.9 Å². The smallest absolute Gasteiger partial charge is 0.143 e. The molecule has 0 N–H and O–H groups in total. The normalized spacial score (nSPS) is 25.7. The number of carbonyl (C=O) groups excluding carboxylic acids is 1. The molecule has 0 heterocycles. The van der Waals surface area contributed by atoms with Gasteiger partial charge in [-0.15, -0.1) is 6.58 Å². The summed E-state index contributed by atoms with van der Waals surface area (Å²) in [5.41, 5.74) is 1.36. The van der Waals surface area contributed by atoms with Gasteiger partial charge in [0.25, 0.3) is 0 Å². The van der Waals surface area contributed by atoms with E-state index >= 15 is 0 Å². The maximum Gasteiger partial charge on any atom is 0.143 e. The van der Waals surface area contributed by atoms with Crippen LogP contribution >= 0.6 is 0 Å². The van der Waals surface area contributed by atoms with Gasteiger partial charge in [0.1, 0.15) is 5.78 Å². The van der Waals surface area contributed by atoms with Crippen molar-refractivity contribution in [2.45, 2.75) is 58.8 Å². The third-order valence-corrected chi connectivity index (χ3v) is 6.13. The molecule has 0 spiro atoms. The van der Waals surface area contributed by atoms with E-state index in [4.69, 9.17) is 0 Å². The number of ketones is 1. The predicted molar refractivity (Wildman–Crippen MR) is 108 cm³/mol. The molecular weight excluding hydrogens is 304 g/mol. The first-order chi connectivity index (χ1) is 11.9. The lowest BCUT2D eigenvalue weighted by Crippen LogP contribution is -2.43. The van der Waals surface area contributed by atoms with Gasteiger partial charge in [-0.2, -0.15) is 0 Å². The van der Waals surface area contributed by atoms with E-state index < -0.39 is 0 Å². The van der Waals surface area contributed by atoms with E-state index in [2.05, 4.69) is 63.8 Å². The van der Waals surface area contributed by atoms with Crippen LogP contribution < -0.4 is 0 Å². The Balaban J connectivity index is 2.34. The lowest BCUT2D eigenvalue weighted by molar-refractivity contribution is -0.130. The minimum absolute atomic E-state index is 0.0103. The molecule has 25 heavy (non-hydrogen) atoms. The third kappa shape index (κ3) is 4.51. The summed E-state index contributed by atoms with van der Waals surface area (Å²) in [5, 5.41) is 0. The van der Waals surface area contributed by atoms with E-state index in [0.717, 1.165) is 19.3 Å². The molecule has 0 unspecified atom stereocenters. The maximum atomic E-state index is 13.4. The van der Waals surface area contributed by atoms with Crippen LogP contribution in [0.4, 0.5) is 0 Å². The molecule has 1 aliphatic carbocycles. The average Bonchev–Trinajstić information content (AvgIpc) is 2.61. The van der Waals surface area contributed by atoms with E-state index in [1.54, 1.807) is 0 Å². The van der Waals surface area contributed by atoms with Gasteiger partial charge in [0.05, 0.1) is 0 Å². The van der Waals surface area contributed by atoms with E-state index in [9.17, 15) is 4.79 Å². The molecule has 0 aliphatic heterocycles. The quantitative estimate of drug-likeness (QED) is 0.529. The van der Waals surface area contributed by atoms with E-state index in [1.165, 1.54) is 12.0 Å². The molecule has 0 aromatic heterocycles. The van der Waals surface area contributed by atoms with Gasteiger partial charge in [-0.1, -0.05) is 75.8 Å². The van der Waals surface area contributed by atoms with Gasteiger partial charge in [-0.3, -0.25) is 4.79 Å². The molecule has 1 saturated carbocycles. The first-order valence-corrected chi connectivity index (χ1v) is 9.74. The highest BCUT2D eigenvalue weighted by atomic mass is 16.1. The SMILES string of the molecule is C=CC[C@H](/C=C\C)C(=O)[C@@H]1C[C@H](C)CC[C@H]1C(C)(C)c1ccccc1. The molecule has 1 aromatic rings. The van der Waals surface area contributed by atoms with Crippen LogP contribution in [0.15, 0.2) is 55.1 Å². The second kappa shape index (κ2) is 8.65. The van der Waals surface area contributed by atoms with E-state index in [0.29, 0.717) is 17.6 Å². The van der Waals surface area contributed by atoms with Crippen molar-refractivity contribution in [2.75, 3.05) is 0 Å². The first-order valence-electron chi connectivity index (χ1n) is 9.74. The van der Waals surface area contributed by atoms with Gasteiger partial charge < -0.3 is 0 Å². The standard InChI is InChI=1S/C24H34O/c1-6-11-19(12-7-2)23(25)21-17-18(3)15-16-22(21)24(4,5)20-13-9-8-10-14-20/h6-10,12-14,18-19,21-22H,1,11,15-17H2,2-5H3/b12-7-/t18-,19-,21-,22-/m1/s1. The van der Waals surface area contributed by atoms with Gasteiger partial charge in [0.2, 0.25) is 0 Å². The Hall–Kier alpha value is -1.63. The molecule has 4 atom stereocenters. The van der Waals surface area contributed by atoms with Crippen LogP contribution in [0.5, 0.6) is 0 Å². The van der Waals surface area contributed by atoms with Crippen molar-refractivity contribution in [3.8, 4) is 0 Å². The Kier molecular flexibility index (Phi) is 6.81. The van der Waals surface area contributed by atoms with Crippen molar-refractivity contribution in [3.63, 3.8) is 0 Å². The Morgan fingerprint density at radius 1 is 1.28 bits per heavy atom. The number of hydrogen-bond acceptors (Lipinski definition) is 1. The Morgan fingerprint density at radius 2 is 1.96 bits per heavy atom. The summed E-state index contributed by atoms with van der Waals surface area (Å²) in [6.45, 7) is 12.8. The molecule has 0 amide bonds. The fourth-order valence-electron chi connectivity index (χ4n) is 4.62. The molecule has 1 fully saturated rings. The first kappa shape index (κ1) is 19.7. The Bertz CT molecular complexity index is 596. The maximum absolute atomic E-state index is 13.4. The van der Waals surface area contributed by atoms with Crippen molar-refractivity contribution >= 4 is 5.78 Å². The zero-order valence-corrected chi connectivity index (χ0v) is 16.4. The van der Waals surface area contributed by atoms with Crippen LogP contribution in [0.3, 0.4) is 0 Å². The summed E-state index contributed by atoms with van der Waals surface area (Å²) < 4.78 is 0. The van der Waals surface area contributed by atoms with Crippen molar-refractivity contribution in [1.82, 2.24) is 0 Å². The summed E-state index contributed by atoms with van der Waals surface area (Å²) in [5.74, 6) is 1.56. The molecule has 136 valence electrons. The largest absolute Gasteiger partial charge is 0.299 e. The third-order valence-electron chi connectivity index (χ3n) is 6.13. The predicted octanol–water partition coefficient (Wildman–Crippen LogP) is 6.35. The zero-order chi connectivity index (χ0) is 18.4. The van der Waals surface area contributed by atoms with E-state index in [-0.39, 0.29) is 17.3 Å². The molecule has 1 aromatic carbocycles. The lowest BCUT2D eigenvalue weighted by atomic mass is 9.59. The van der Waals surface area contributed by atoms with Crippen molar-refractivity contribution in [1.29, 1.82) is 0 Å². The number of rotatable bonds is 7. The summed E-state index contributed by atoms with van der Waals surface area (Å²) in [6.07, 6.45) is 10.1. The number of benzene rings is 1. The molecule has 1 heteroatoms. The highest BCUT2D eigenvalue weighted by Gasteiger charge is 2.43. The summed E-state index contributed by atoms with van der Waals surface area (Å²) >= 11 is 0. The van der Waals surface area contributed by atoms with Gasteiger partial charge in [-0.05, 0) is 49.0 Å². The summed E-state index contributed by atoms with van der Waals surface area (Å²) in [6, 6.07) is 10.7. The summed E-state index contributed by atoms with van der Waals surface area (Å²) in [7, 11) is 0. The van der Waals surface area contributed by atoms with Crippen LogP contribution in [-0.2, 0) is 10.2 Å². The second-order valence-electron chi connectivity index (χ2n) is 8.28. The topological polar surface area (TPSA) is 17.1 Å². The molecule has 0 saturated heterocycles. The summed E-state index contributed by atoms with van der Waals surface area (Å²) in [4.78, 5) is 13.4. The molecule has 2 rings (SSSR count). The zero-order valence-electron chi connectivity index (χ0n) is 16.4. The van der Waals surface area contributed by atoms with Crippen molar-refractivity contribution < 1.29 is 4.79 Å². The van der Waals surface area contributed by atoms with Crippen molar-refractivity contribution in [2.24, 2.45) is 23.7 Å². The Labute approximate surface area is 154 Å². The molecule has 1 aliphatic rings. The minimum Gasteiger partial charge on any atom is -0.299 e. The fourth-order valence-corrected chi connectivity index (χ4v) is 4.62. The number of allylic oxidation sites excluding steroid dienone is 3. The number of carbonyl (C=O) groups is 1. The minimum atomic E-state index is -0.0214. The highest BCUT2D eigenvalue weighted by molar-refractivity contribution is 5.85. The van der Waals surface area contributed by atoms with Crippen LogP contribution in [0.2, 0.25) is 0 Å². The number of hydrogen-bond donors (Lipinski definition) is 0. The van der Waals surface area contributed by atoms with Gasteiger partial charge in [0.15, 0.2) is 0 Å². The second-order valence-corrected chi connectivity index (χ2v) is 8.28. The molecular formula is C24H34O. The fraction of sp³-hybridized carbons (Fsp3) is 0.542. The Morgan fingerprint density at radius 3 is 2.56 bits per heavy atom. The van der Waals surface area contributed by atoms with Gasteiger partial charge >= 0.3 is 0 Å². The van der Waals surface area contributed by atoms with Gasteiger partial charge in [0, 0.05) is 11.8 Å². The molecule has 0 bridgehead atoms. The average molecular weight is 339 g/mol. The molecule has 0 radical (unpaired) electrons. The van der Waals surface area contributed by atoms with Crippen LogP contribution in [-0.4, -0.2) is 5.78 Å². The van der Waals surface area contributed by atoms with Crippen LogP contribution in [0, 0.1) is 23.7 Å². The number of Topliss-reactive ketones (excluding diaryl/α,β-unsaturated/α-hetero) is 1. The van der Waals surface area contributed by atoms with E-state index in [1.807, 2.05) is 19.1 Å². The lowest BCUT2D eigenvalue weighted by Gasteiger charge is -2.44.